The molecule has 2 rings (SSSR count). The van der Waals surface area contributed by atoms with Crippen LogP contribution >= 0.6 is 0 Å². The van der Waals surface area contributed by atoms with Gasteiger partial charge in [-0.15, -0.1) is 0 Å². The third-order valence-corrected chi connectivity index (χ3v) is 4.23. The van der Waals surface area contributed by atoms with E-state index in [0.717, 1.165) is 12.0 Å². The predicted molar refractivity (Wildman–Crippen MR) is 83.3 cm³/mol. The first-order chi connectivity index (χ1) is 9.58. The summed E-state index contributed by atoms with van der Waals surface area (Å²) in [6, 6.07) is 9.73. The molecule has 20 heavy (non-hydrogen) atoms. The Morgan fingerprint density at radius 2 is 1.80 bits per heavy atom. The minimum atomic E-state index is -0.316. The molecule has 0 atom stereocenters. The van der Waals surface area contributed by atoms with E-state index >= 15 is 0 Å². The summed E-state index contributed by atoms with van der Waals surface area (Å²) in [7, 11) is 0. The summed E-state index contributed by atoms with van der Waals surface area (Å²) in [6.07, 6.45) is 7.55. The molecule has 1 fully saturated rings. The molecule has 0 radical (unpaired) electrons. The van der Waals surface area contributed by atoms with Gasteiger partial charge in [0.15, 0.2) is 0 Å². The Morgan fingerprint density at radius 1 is 1.15 bits per heavy atom. The fourth-order valence-electron chi connectivity index (χ4n) is 3.03. The van der Waals surface area contributed by atoms with Crippen LogP contribution in [0, 0.1) is 23.2 Å². The lowest BCUT2D eigenvalue weighted by Crippen LogP contribution is -2.27. The molecule has 1 aliphatic rings. The molecule has 0 aromatic heterocycles. The number of rotatable bonds is 3. The van der Waals surface area contributed by atoms with Gasteiger partial charge in [0, 0.05) is 11.0 Å². The maximum Gasteiger partial charge on any atom is 0.211 e. The van der Waals surface area contributed by atoms with Crippen molar-refractivity contribution in [2.24, 2.45) is 11.3 Å². The van der Waals surface area contributed by atoms with Crippen molar-refractivity contribution < 1.29 is 4.79 Å². The second-order valence-corrected chi connectivity index (χ2v) is 6.54. The average Bonchev–Trinajstić information content (AvgIpc) is 2.46. The molecule has 0 spiro atoms. The summed E-state index contributed by atoms with van der Waals surface area (Å²) in [6.45, 7) is 4.09. The summed E-state index contributed by atoms with van der Waals surface area (Å²) >= 11 is 0. The van der Waals surface area contributed by atoms with Crippen LogP contribution in [-0.4, -0.2) is 5.78 Å². The van der Waals surface area contributed by atoms with E-state index in [-0.39, 0.29) is 11.2 Å². The lowest BCUT2D eigenvalue weighted by Gasteiger charge is -2.29. The van der Waals surface area contributed by atoms with E-state index in [0.29, 0.717) is 5.92 Å². The number of hydrogen-bond donors (Lipinski definition) is 0. The quantitative estimate of drug-likeness (QED) is 0.732. The highest BCUT2D eigenvalue weighted by atomic mass is 16.1. The smallest absolute Gasteiger partial charge is 0.211 e. The number of carbonyl (C=O) groups excluding carboxylic acids is 1. The third-order valence-electron chi connectivity index (χ3n) is 4.23. The van der Waals surface area contributed by atoms with Crippen LogP contribution in [0.15, 0.2) is 30.3 Å². The predicted octanol–water partition coefficient (Wildman–Crippen LogP) is 4.60. The number of hydrogen-bond acceptors (Lipinski definition) is 1. The van der Waals surface area contributed by atoms with Crippen LogP contribution in [0.2, 0.25) is 0 Å². The Bertz CT molecular complexity index is 496. The van der Waals surface area contributed by atoms with Crippen molar-refractivity contribution in [3.63, 3.8) is 0 Å². The van der Waals surface area contributed by atoms with Crippen LogP contribution in [0.25, 0.3) is 0 Å². The Kier molecular flexibility index (Phi) is 5.01. The van der Waals surface area contributed by atoms with Gasteiger partial charge in [-0.2, -0.15) is 0 Å². The van der Waals surface area contributed by atoms with Gasteiger partial charge in [0.25, 0.3) is 0 Å². The van der Waals surface area contributed by atoms with E-state index in [1.165, 1.54) is 32.1 Å². The van der Waals surface area contributed by atoms with Crippen molar-refractivity contribution >= 4 is 5.78 Å². The zero-order valence-corrected chi connectivity index (χ0v) is 12.6. The van der Waals surface area contributed by atoms with E-state index in [9.17, 15) is 4.79 Å². The Morgan fingerprint density at radius 3 is 2.45 bits per heavy atom. The molecule has 0 amide bonds. The first-order valence-electron chi connectivity index (χ1n) is 7.69. The van der Waals surface area contributed by atoms with Gasteiger partial charge in [-0.05, 0) is 30.4 Å². The summed E-state index contributed by atoms with van der Waals surface area (Å²) in [5, 5.41) is 0. The number of ketones is 1. The van der Waals surface area contributed by atoms with Crippen LogP contribution in [0.5, 0.6) is 0 Å². The standard InChI is InChI=1S/C19H24O/c1-19(2,15-17-11-7-4-8-12-17)18(20)14-13-16-9-5-3-6-10-16/h3,5-6,9-10,17H,4,7-8,11-12,15H2,1-2H3. The molecule has 1 aromatic carbocycles. The molecule has 0 bridgehead atoms. The highest BCUT2D eigenvalue weighted by Crippen LogP contribution is 2.34. The van der Waals surface area contributed by atoms with Gasteiger partial charge in [0.1, 0.15) is 0 Å². The minimum Gasteiger partial charge on any atom is -0.284 e. The van der Waals surface area contributed by atoms with Crippen LogP contribution < -0.4 is 0 Å². The molecule has 1 aromatic rings. The lowest BCUT2D eigenvalue weighted by atomic mass is 9.74. The van der Waals surface area contributed by atoms with Crippen LogP contribution in [0.1, 0.15) is 57.9 Å². The Hall–Kier alpha value is -1.55. The summed E-state index contributed by atoms with van der Waals surface area (Å²) in [5.41, 5.74) is 0.596. The minimum absolute atomic E-state index is 0.0759. The lowest BCUT2D eigenvalue weighted by molar-refractivity contribution is -0.122. The van der Waals surface area contributed by atoms with Gasteiger partial charge in [0.05, 0.1) is 0 Å². The van der Waals surface area contributed by atoms with Crippen molar-refractivity contribution in [3.8, 4) is 11.8 Å². The molecule has 106 valence electrons. The second kappa shape index (κ2) is 6.75. The van der Waals surface area contributed by atoms with Crippen LogP contribution in [-0.2, 0) is 4.79 Å². The normalized spacial score (nSPS) is 16.3. The van der Waals surface area contributed by atoms with Crippen LogP contribution in [0.4, 0.5) is 0 Å². The van der Waals surface area contributed by atoms with Gasteiger partial charge >= 0.3 is 0 Å². The molecule has 0 saturated heterocycles. The largest absolute Gasteiger partial charge is 0.284 e. The van der Waals surface area contributed by atoms with E-state index in [1.54, 1.807) is 0 Å². The molecular formula is C19H24O. The van der Waals surface area contributed by atoms with Gasteiger partial charge in [-0.1, -0.05) is 70.1 Å². The first-order valence-corrected chi connectivity index (χ1v) is 7.69. The fourth-order valence-corrected chi connectivity index (χ4v) is 3.03. The van der Waals surface area contributed by atoms with Gasteiger partial charge in [0.2, 0.25) is 5.78 Å². The van der Waals surface area contributed by atoms with E-state index in [4.69, 9.17) is 0 Å². The first kappa shape index (κ1) is 14.9. The molecule has 0 aliphatic heterocycles. The number of Topliss-reactive ketones (excluding diaryl/α,β-unsaturated/α-hetero) is 1. The van der Waals surface area contributed by atoms with Crippen molar-refractivity contribution in [1.82, 2.24) is 0 Å². The third kappa shape index (κ3) is 4.23. The van der Waals surface area contributed by atoms with E-state index < -0.39 is 0 Å². The van der Waals surface area contributed by atoms with Crippen LogP contribution in [0.3, 0.4) is 0 Å². The van der Waals surface area contributed by atoms with Crippen molar-refractivity contribution in [3.05, 3.63) is 35.9 Å². The molecule has 1 nitrogen and oxygen atoms in total. The molecule has 1 aliphatic carbocycles. The molecule has 0 unspecified atom stereocenters. The van der Waals surface area contributed by atoms with Crippen molar-refractivity contribution in [1.29, 1.82) is 0 Å². The molecule has 1 saturated carbocycles. The zero-order chi connectivity index (χ0) is 14.4. The van der Waals surface area contributed by atoms with Gasteiger partial charge in [-0.3, -0.25) is 4.79 Å². The summed E-state index contributed by atoms with van der Waals surface area (Å²) in [4.78, 5) is 12.3. The fraction of sp³-hybridized carbons (Fsp3) is 0.526. The maximum atomic E-state index is 12.3. The van der Waals surface area contributed by atoms with E-state index in [2.05, 4.69) is 11.8 Å². The SMILES string of the molecule is CC(C)(CC1CCCCC1)C(=O)C#Cc1ccccc1. The number of carbonyl (C=O) groups is 1. The zero-order valence-electron chi connectivity index (χ0n) is 12.6. The summed E-state index contributed by atoms with van der Waals surface area (Å²) < 4.78 is 0. The summed E-state index contributed by atoms with van der Waals surface area (Å²) in [5.74, 6) is 6.61. The number of benzene rings is 1. The second-order valence-electron chi connectivity index (χ2n) is 6.54. The Balaban J connectivity index is 1.98. The highest BCUT2D eigenvalue weighted by molar-refractivity contribution is 6.00. The maximum absolute atomic E-state index is 12.3. The molecule has 0 N–H and O–H groups in total. The average molecular weight is 268 g/mol. The van der Waals surface area contributed by atoms with Gasteiger partial charge < -0.3 is 0 Å². The molecule has 1 heteroatoms. The Labute approximate surface area is 122 Å². The molecular weight excluding hydrogens is 244 g/mol. The molecule has 0 heterocycles. The van der Waals surface area contributed by atoms with Gasteiger partial charge in [-0.25, -0.2) is 0 Å². The monoisotopic (exact) mass is 268 g/mol. The highest BCUT2D eigenvalue weighted by Gasteiger charge is 2.30. The van der Waals surface area contributed by atoms with Crippen molar-refractivity contribution in [2.45, 2.75) is 52.4 Å². The topological polar surface area (TPSA) is 17.1 Å². The van der Waals surface area contributed by atoms with E-state index in [1.807, 2.05) is 44.2 Å². The van der Waals surface area contributed by atoms with Crippen molar-refractivity contribution in [2.75, 3.05) is 0 Å².